The highest BCUT2D eigenvalue weighted by molar-refractivity contribution is 5.54. The van der Waals surface area contributed by atoms with Crippen LogP contribution < -0.4 is 28.2 Å². The first-order chi connectivity index (χ1) is 11.2. The average Bonchev–Trinajstić information content (AvgIpc) is 2.60. The molecule has 2 aromatic rings. The van der Waals surface area contributed by atoms with Crippen LogP contribution in [-0.2, 0) is 11.3 Å². The summed E-state index contributed by atoms with van der Waals surface area (Å²) in [5.74, 6) is 0.512. The van der Waals surface area contributed by atoms with Gasteiger partial charge in [0.15, 0.2) is 6.29 Å². The molecule has 0 saturated carbocycles. The zero-order valence-corrected chi connectivity index (χ0v) is 14.1. The highest BCUT2D eigenvalue weighted by Crippen LogP contribution is 2.26. The van der Waals surface area contributed by atoms with Crippen LogP contribution in [0.15, 0.2) is 54.6 Å². The summed E-state index contributed by atoms with van der Waals surface area (Å²) < 4.78 is 19.7. The van der Waals surface area contributed by atoms with Crippen molar-refractivity contribution in [3.05, 3.63) is 65.7 Å². The Labute approximate surface area is 147 Å². The predicted molar refractivity (Wildman–Crippen MR) is 86.4 cm³/mol. The number of ether oxygens (including phenoxy) is 1. The lowest BCUT2D eigenvalue weighted by Crippen LogP contribution is -3.00. The molecule has 0 heterocycles. The van der Waals surface area contributed by atoms with Crippen molar-refractivity contribution in [1.82, 2.24) is 5.32 Å². The highest BCUT2D eigenvalue weighted by Gasteiger charge is 2.13. The fourth-order valence-electron chi connectivity index (χ4n) is 2.13. The van der Waals surface area contributed by atoms with Gasteiger partial charge in [-0.15, -0.1) is 0 Å². The zero-order valence-electron chi connectivity index (χ0n) is 13.3. The van der Waals surface area contributed by atoms with Gasteiger partial charge in [0.1, 0.15) is 11.8 Å². The van der Waals surface area contributed by atoms with Gasteiger partial charge >= 0.3 is 0 Å². The highest BCUT2D eigenvalue weighted by atomic mass is 35.5. The van der Waals surface area contributed by atoms with Crippen LogP contribution in [0.25, 0.3) is 0 Å². The van der Waals surface area contributed by atoms with Crippen LogP contribution >= 0.6 is 0 Å². The first kappa shape index (κ1) is 20.1. The summed E-state index contributed by atoms with van der Waals surface area (Å²) in [6.07, 6.45) is 0.00539. The maximum Gasteiger partial charge on any atom is 0.264 e. The number of carbonyl (C=O) groups is 1. The van der Waals surface area contributed by atoms with E-state index in [1.165, 1.54) is 0 Å². The molecular weight excluding hydrogens is 331 g/mol. The van der Waals surface area contributed by atoms with Crippen LogP contribution in [0.1, 0.15) is 23.9 Å². The summed E-state index contributed by atoms with van der Waals surface area (Å²) >= 11 is 0. The molecule has 130 valence electrons. The number of carbonyl (C=O) groups excluding carboxylic acids is 1. The Kier molecular flexibility index (Phi) is 9.01. The van der Waals surface area contributed by atoms with Gasteiger partial charge in [-0.3, -0.25) is 4.79 Å². The zero-order chi connectivity index (χ0) is 16.5. The van der Waals surface area contributed by atoms with E-state index in [4.69, 9.17) is 4.74 Å². The van der Waals surface area contributed by atoms with E-state index in [2.05, 4.69) is 11.1 Å². The Morgan fingerprint density at radius 2 is 1.79 bits per heavy atom. The van der Waals surface area contributed by atoms with Crippen molar-refractivity contribution in [2.24, 2.45) is 0 Å². The normalized spacial score (nSPS) is 12.8. The third kappa shape index (κ3) is 6.28. The lowest BCUT2D eigenvalue weighted by Gasteiger charge is -2.15. The van der Waals surface area contributed by atoms with E-state index in [0.29, 0.717) is 30.8 Å². The molecule has 0 bridgehead atoms. The Morgan fingerprint density at radius 1 is 1.12 bits per heavy atom. The summed E-state index contributed by atoms with van der Waals surface area (Å²) in [5, 5.41) is 3.22. The van der Waals surface area contributed by atoms with E-state index in [1.807, 2.05) is 24.3 Å². The largest absolute Gasteiger partial charge is 1.00 e. The molecule has 2 unspecified atom stereocenters. The molecule has 2 rings (SSSR count). The fourth-order valence-corrected chi connectivity index (χ4v) is 2.13. The van der Waals surface area contributed by atoms with E-state index < -0.39 is 6.36 Å². The third-order valence-electron chi connectivity index (χ3n) is 3.46. The van der Waals surface area contributed by atoms with Crippen molar-refractivity contribution in [3.8, 4) is 5.75 Å². The molecule has 0 saturated heterocycles. The van der Waals surface area contributed by atoms with E-state index in [1.54, 1.807) is 30.3 Å². The second kappa shape index (κ2) is 10.8. The van der Waals surface area contributed by atoms with Crippen LogP contribution in [0, 0.1) is 0 Å². The van der Waals surface area contributed by atoms with Crippen LogP contribution in [0.3, 0.4) is 0 Å². The Bertz CT molecular complexity index is 613. The standard InChI is InChI=1S/C18H21FN2O2.ClH/c19-18(14-6-2-1-3-7-14)23-17-9-5-4-8-15(17)12-21-11-10-16(20)13-22;/h1-9,13,16,18,21H,10-12,20H2;1H. The number of quaternary nitrogens is 1. The molecule has 0 aromatic heterocycles. The van der Waals surface area contributed by atoms with Gasteiger partial charge in [0.05, 0.1) is 0 Å². The van der Waals surface area contributed by atoms with Gasteiger partial charge in [-0.25, -0.2) is 0 Å². The summed E-state index contributed by atoms with van der Waals surface area (Å²) in [4.78, 5) is 10.5. The van der Waals surface area contributed by atoms with Crippen LogP contribution in [0.4, 0.5) is 4.39 Å². The number of nitrogens with one attached hydrogen (secondary N) is 1. The topological polar surface area (TPSA) is 66.0 Å². The number of aldehydes is 1. The Balaban J connectivity index is 0.00000288. The maximum atomic E-state index is 14.3. The van der Waals surface area contributed by atoms with Crippen molar-refractivity contribution in [3.63, 3.8) is 0 Å². The van der Waals surface area contributed by atoms with Crippen molar-refractivity contribution >= 4 is 6.29 Å². The van der Waals surface area contributed by atoms with Crippen molar-refractivity contribution in [2.75, 3.05) is 6.54 Å². The first-order valence-electron chi connectivity index (χ1n) is 7.63. The molecule has 0 radical (unpaired) electrons. The van der Waals surface area contributed by atoms with Crippen LogP contribution in [0.5, 0.6) is 5.75 Å². The van der Waals surface area contributed by atoms with E-state index in [0.717, 1.165) is 11.8 Å². The molecule has 4 N–H and O–H groups in total. The molecule has 0 amide bonds. The van der Waals surface area contributed by atoms with Gasteiger partial charge in [0, 0.05) is 30.6 Å². The molecule has 0 aliphatic heterocycles. The second-order valence-electron chi connectivity index (χ2n) is 5.31. The summed E-state index contributed by atoms with van der Waals surface area (Å²) in [6.45, 7) is 1.21. The SMILES string of the molecule is [Cl-].[NH3+]C(C=O)CCNCc1ccccc1OC(F)c1ccccc1. The monoisotopic (exact) mass is 352 g/mol. The van der Waals surface area contributed by atoms with E-state index >= 15 is 0 Å². The minimum absolute atomic E-state index is 0. The fraction of sp³-hybridized carbons (Fsp3) is 0.278. The lowest BCUT2D eigenvalue weighted by molar-refractivity contribution is -0.400. The molecule has 4 nitrogen and oxygen atoms in total. The molecule has 6 heteroatoms. The van der Waals surface area contributed by atoms with Gasteiger partial charge in [-0.2, -0.15) is 4.39 Å². The summed E-state index contributed by atoms with van der Waals surface area (Å²) in [7, 11) is 0. The molecule has 2 aromatic carbocycles. The van der Waals surface area contributed by atoms with E-state index in [-0.39, 0.29) is 18.4 Å². The Morgan fingerprint density at radius 3 is 2.50 bits per heavy atom. The number of alkyl halides is 1. The molecule has 0 spiro atoms. The second-order valence-corrected chi connectivity index (χ2v) is 5.31. The quantitative estimate of drug-likeness (QED) is 0.451. The molecule has 0 aliphatic rings. The minimum Gasteiger partial charge on any atom is -1.00 e. The third-order valence-corrected chi connectivity index (χ3v) is 3.46. The van der Waals surface area contributed by atoms with Crippen molar-refractivity contribution in [1.29, 1.82) is 0 Å². The van der Waals surface area contributed by atoms with Crippen LogP contribution in [-0.4, -0.2) is 18.9 Å². The number of para-hydroxylation sites is 1. The van der Waals surface area contributed by atoms with Gasteiger partial charge < -0.3 is 28.2 Å². The number of benzene rings is 2. The maximum absolute atomic E-state index is 14.3. The molecule has 2 atom stereocenters. The van der Waals surface area contributed by atoms with E-state index in [9.17, 15) is 9.18 Å². The van der Waals surface area contributed by atoms with Crippen LogP contribution in [0.2, 0.25) is 0 Å². The van der Waals surface area contributed by atoms with Crippen molar-refractivity contribution < 1.29 is 32.1 Å². The first-order valence-corrected chi connectivity index (χ1v) is 7.63. The molecule has 0 aliphatic carbocycles. The molecule has 24 heavy (non-hydrogen) atoms. The minimum atomic E-state index is -1.50. The average molecular weight is 353 g/mol. The molecular formula is C18H22ClFN2O2. The Hall–Kier alpha value is -1.95. The number of rotatable bonds is 9. The van der Waals surface area contributed by atoms with Gasteiger partial charge in [-0.05, 0) is 6.07 Å². The van der Waals surface area contributed by atoms with Gasteiger partial charge in [0.2, 0.25) is 0 Å². The predicted octanol–water partition coefficient (Wildman–Crippen LogP) is -0.973. The number of hydrogen-bond donors (Lipinski definition) is 2. The van der Waals surface area contributed by atoms with Crippen molar-refractivity contribution in [2.45, 2.75) is 25.4 Å². The molecule has 0 fully saturated rings. The smallest absolute Gasteiger partial charge is 0.264 e. The summed E-state index contributed by atoms with van der Waals surface area (Å²) in [6, 6.07) is 15.9. The van der Waals surface area contributed by atoms with Gasteiger partial charge in [0.25, 0.3) is 6.36 Å². The van der Waals surface area contributed by atoms with Gasteiger partial charge in [-0.1, -0.05) is 48.5 Å². The number of halogens is 2. The lowest BCUT2D eigenvalue weighted by atomic mass is 10.2. The summed E-state index contributed by atoms with van der Waals surface area (Å²) in [5.41, 5.74) is 5.07. The number of hydrogen-bond acceptors (Lipinski definition) is 3.